The van der Waals surface area contributed by atoms with E-state index in [0.717, 1.165) is 0 Å². The first-order valence-electron chi connectivity index (χ1n) is 9.30. The van der Waals surface area contributed by atoms with Gasteiger partial charge in [0, 0.05) is 0 Å². The van der Waals surface area contributed by atoms with Crippen LogP contribution in [0.15, 0.2) is 0 Å². The molecule has 0 saturated heterocycles. The predicted molar refractivity (Wildman–Crippen MR) is 155 cm³/mol. The molecule has 50 heteroatoms. The number of hydrogen-bond donors (Lipinski definition) is 36. The van der Waals surface area contributed by atoms with Crippen LogP contribution in [0.25, 0.3) is 0 Å². The largest absolute Gasteiger partial charge is 0.631 e. The Kier molecular flexibility index (Phi) is 160. The normalized spacial score (nSPS) is 6.48. The summed E-state index contributed by atoms with van der Waals surface area (Å²) >= 11 is 0. The first kappa shape index (κ1) is 92.3. The molecule has 37 nitrogen and oxygen atoms in total. The average molecular weight is 780 g/mol. The van der Waals surface area contributed by atoms with Crippen molar-refractivity contribution in [3.63, 3.8) is 0 Å². The Morgan fingerprint density at radius 1 is 0.120 bits per heavy atom. The summed E-state index contributed by atoms with van der Waals surface area (Å²) in [4.78, 5) is 0. The van der Waals surface area contributed by atoms with E-state index in [1.165, 1.54) is 0 Å². The van der Waals surface area contributed by atoms with E-state index >= 15 is 0 Å². The first-order valence-corrected chi connectivity index (χ1v) is 9.30. The maximum Gasteiger partial charge on any atom is 0.631 e. The summed E-state index contributed by atoms with van der Waals surface area (Å²) < 4.78 is 0. The van der Waals surface area contributed by atoms with E-state index in [1.807, 2.05) is 0 Å². The summed E-state index contributed by atoms with van der Waals surface area (Å²) in [6.45, 7) is 0. The van der Waals surface area contributed by atoms with E-state index in [1.54, 1.807) is 0 Å². The molecule has 0 unspecified atom stereocenters. The van der Waals surface area contributed by atoms with Gasteiger partial charge in [-0.3, -0.25) is 4.70 Å². The molecular weight excluding hydrogens is 741 g/mol. The molecular formula is H39B12FO37. The first-order chi connectivity index (χ1) is 20.8. The molecule has 0 rings (SSSR count). The standard InChI is InChI=1S/12BH3O3.FH.H2O/c12*2-1(3)4;;/h12*2-4H;1H;1H2. The zero-order chi connectivity index (χ0) is 42.9. The van der Waals surface area contributed by atoms with Gasteiger partial charge < -0.3 is 186 Å². The maximum atomic E-state index is 7.17. The minimum absolute atomic E-state index is 0. The lowest BCUT2D eigenvalue weighted by Crippen LogP contribution is -2.07. The van der Waals surface area contributed by atoms with Crippen LogP contribution in [0, 0.1) is 0 Å². The van der Waals surface area contributed by atoms with Gasteiger partial charge in [0.1, 0.15) is 0 Å². The van der Waals surface area contributed by atoms with Crippen LogP contribution in [0.3, 0.4) is 0 Å². The Morgan fingerprint density at radius 2 is 0.120 bits per heavy atom. The van der Waals surface area contributed by atoms with Crippen molar-refractivity contribution in [1.29, 1.82) is 0 Å². The zero-order valence-corrected chi connectivity index (χ0v) is 23.9. The van der Waals surface area contributed by atoms with Crippen molar-refractivity contribution >= 4 is 87.9 Å². The molecule has 0 aromatic carbocycles. The third-order valence-electron chi connectivity index (χ3n) is 0. The highest BCUT2D eigenvalue weighted by molar-refractivity contribution is 6.33. The second-order valence-electron chi connectivity index (χ2n) is 4.16. The molecule has 50 heavy (non-hydrogen) atoms. The van der Waals surface area contributed by atoms with E-state index in [-0.39, 0.29) is 10.2 Å². The number of rotatable bonds is 0. The van der Waals surface area contributed by atoms with Crippen molar-refractivity contribution in [1.82, 2.24) is 0 Å². The quantitative estimate of drug-likeness (QED) is 0.101. The van der Waals surface area contributed by atoms with Gasteiger partial charge in [0.15, 0.2) is 0 Å². The van der Waals surface area contributed by atoms with Crippen LogP contribution < -0.4 is 0 Å². The second kappa shape index (κ2) is 86.7. The Hall–Kier alpha value is -0.771. The maximum absolute atomic E-state index is 7.17. The summed E-state index contributed by atoms with van der Waals surface area (Å²) in [5.41, 5.74) is 0. The van der Waals surface area contributed by atoms with Gasteiger partial charge in [0.05, 0.1) is 0 Å². The Morgan fingerprint density at radius 3 is 0.120 bits per heavy atom. The van der Waals surface area contributed by atoms with Crippen molar-refractivity contribution < 1.29 is 191 Å². The third kappa shape index (κ3) is 170000. The smallest absolute Gasteiger partial charge is 0.412 e. The second-order valence-corrected chi connectivity index (χ2v) is 4.16. The van der Waals surface area contributed by atoms with Crippen molar-refractivity contribution in [2.75, 3.05) is 0 Å². The van der Waals surface area contributed by atoms with Crippen molar-refractivity contribution in [3.05, 3.63) is 0 Å². The van der Waals surface area contributed by atoms with Gasteiger partial charge in [-0.05, 0) is 0 Å². The third-order valence-corrected chi connectivity index (χ3v) is 0. The number of hydrogen-bond acceptors (Lipinski definition) is 36. The van der Waals surface area contributed by atoms with Crippen LogP contribution in [0.1, 0.15) is 0 Å². The molecule has 0 aliphatic heterocycles. The summed E-state index contributed by atoms with van der Waals surface area (Å²) in [6.07, 6.45) is 0. The van der Waals surface area contributed by atoms with Crippen LogP contribution in [0.4, 0.5) is 4.70 Å². The molecule has 304 valence electrons. The molecule has 38 N–H and O–H groups in total. The van der Waals surface area contributed by atoms with Gasteiger partial charge >= 0.3 is 87.9 Å². The zero-order valence-electron chi connectivity index (χ0n) is 23.9. The lowest BCUT2D eigenvalue weighted by atomic mass is 10.3. The summed E-state index contributed by atoms with van der Waals surface area (Å²) in [6, 6.07) is 0. The highest BCUT2D eigenvalue weighted by Gasteiger charge is 1.96. The van der Waals surface area contributed by atoms with Gasteiger partial charge in [-0.25, -0.2) is 0 Å². The topological polar surface area (TPSA) is 760 Å². The molecule has 0 saturated carbocycles. The molecule has 0 fully saturated rings. The summed E-state index contributed by atoms with van der Waals surface area (Å²) in [5, 5.41) is 258. The summed E-state index contributed by atoms with van der Waals surface area (Å²) in [7, 11) is -26.0. The Balaban J connectivity index is -0.0000000235. The minimum Gasteiger partial charge on any atom is -0.412 e. The van der Waals surface area contributed by atoms with E-state index in [0.29, 0.717) is 0 Å². The van der Waals surface area contributed by atoms with Crippen molar-refractivity contribution in [3.8, 4) is 0 Å². The molecule has 0 amide bonds. The number of halogens is 1. The van der Waals surface area contributed by atoms with Crippen LogP contribution in [0.5, 0.6) is 0 Å². The molecule has 0 radical (unpaired) electrons. The fourth-order valence-corrected chi connectivity index (χ4v) is 0. The fraction of sp³-hybridized carbons (Fsp3) is 0. The van der Waals surface area contributed by atoms with Gasteiger partial charge in [-0.15, -0.1) is 0 Å². The monoisotopic (exact) mass is 782 g/mol. The van der Waals surface area contributed by atoms with Crippen molar-refractivity contribution in [2.24, 2.45) is 0 Å². The van der Waals surface area contributed by atoms with Gasteiger partial charge in [0.2, 0.25) is 0 Å². The molecule has 0 aliphatic rings. The van der Waals surface area contributed by atoms with E-state index in [4.69, 9.17) is 181 Å². The molecule has 0 aromatic rings. The van der Waals surface area contributed by atoms with E-state index < -0.39 is 87.9 Å². The highest BCUT2D eigenvalue weighted by Crippen LogP contribution is 1.44. The van der Waals surface area contributed by atoms with E-state index in [9.17, 15) is 0 Å². The van der Waals surface area contributed by atoms with Crippen LogP contribution >= 0.6 is 0 Å². The summed E-state index contributed by atoms with van der Waals surface area (Å²) in [5.74, 6) is 0. The Labute approximate surface area is 279 Å². The van der Waals surface area contributed by atoms with Gasteiger partial charge in [0.25, 0.3) is 0 Å². The highest BCUT2D eigenvalue weighted by atomic mass is 19.0. The van der Waals surface area contributed by atoms with Gasteiger partial charge in [-0.2, -0.15) is 0 Å². The fourth-order valence-electron chi connectivity index (χ4n) is 0. The predicted octanol–water partition coefficient (Wildman–Crippen LogP) is -25.3. The van der Waals surface area contributed by atoms with Crippen LogP contribution in [-0.2, 0) is 0 Å². The van der Waals surface area contributed by atoms with Crippen LogP contribution in [-0.4, -0.2) is 274 Å². The molecule has 0 aliphatic carbocycles. The SMILES string of the molecule is F.O.OB(O)O.OB(O)O.OB(O)O.OB(O)O.OB(O)O.OB(O)O.OB(O)O.OB(O)O.OB(O)O.OB(O)O.OB(O)O.OB(O)O. The molecule has 0 bridgehead atoms. The lowest BCUT2D eigenvalue weighted by Gasteiger charge is -1.69. The molecule has 0 aromatic heterocycles. The molecule has 0 heterocycles. The lowest BCUT2D eigenvalue weighted by molar-refractivity contribution is 0.276. The average Bonchev–Trinajstić information content (AvgIpc) is 2.61. The minimum atomic E-state index is -2.17. The molecule has 0 atom stereocenters. The van der Waals surface area contributed by atoms with Crippen LogP contribution in [0.2, 0.25) is 0 Å². The Bertz CT molecular complexity index is 233. The van der Waals surface area contributed by atoms with Gasteiger partial charge in [-0.1, -0.05) is 0 Å². The molecule has 0 spiro atoms. The van der Waals surface area contributed by atoms with E-state index in [2.05, 4.69) is 0 Å². The van der Waals surface area contributed by atoms with Crippen molar-refractivity contribution in [2.45, 2.75) is 0 Å².